The van der Waals surface area contributed by atoms with Crippen LogP contribution in [0, 0.1) is 5.92 Å². The number of aromatic nitrogens is 2. The molecule has 0 saturated heterocycles. The van der Waals surface area contributed by atoms with Crippen molar-refractivity contribution in [1.82, 2.24) is 15.5 Å². The molecule has 0 radical (unpaired) electrons. The van der Waals surface area contributed by atoms with Crippen LogP contribution < -0.4 is 5.32 Å². The summed E-state index contributed by atoms with van der Waals surface area (Å²) >= 11 is 0. The maximum Gasteiger partial charge on any atom is 0.307 e. The number of aliphatic carboxylic acids is 1. The van der Waals surface area contributed by atoms with Gasteiger partial charge in [0.2, 0.25) is 5.89 Å². The average Bonchev–Trinajstić information content (AvgIpc) is 2.69. The van der Waals surface area contributed by atoms with Crippen molar-refractivity contribution in [1.29, 1.82) is 0 Å². The Morgan fingerprint density at radius 2 is 2.40 bits per heavy atom. The van der Waals surface area contributed by atoms with Gasteiger partial charge in [-0.25, -0.2) is 0 Å². The van der Waals surface area contributed by atoms with Gasteiger partial charge in [-0.3, -0.25) is 4.79 Å². The van der Waals surface area contributed by atoms with Crippen molar-refractivity contribution in [3.8, 4) is 0 Å². The Morgan fingerprint density at radius 3 is 2.93 bits per heavy atom. The van der Waals surface area contributed by atoms with Gasteiger partial charge in [-0.2, -0.15) is 4.98 Å². The summed E-state index contributed by atoms with van der Waals surface area (Å²) in [6.07, 6.45) is 1.95. The normalized spacial score (nSPS) is 14.8. The summed E-state index contributed by atoms with van der Waals surface area (Å²) in [6, 6.07) is -0.0783. The zero-order valence-corrected chi connectivity index (χ0v) is 8.80. The third kappa shape index (κ3) is 3.67. The first-order valence-corrected chi connectivity index (χ1v) is 4.83. The molecule has 2 atom stereocenters. The molecule has 0 spiro atoms. The topological polar surface area (TPSA) is 88.3 Å². The second-order valence-electron chi connectivity index (χ2n) is 3.45. The van der Waals surface area contributed by atoms with E-state index < -0.39 is 11.9 Å². The van der Waals surface area contributed by atoms with E-state index in [0.717, 1.165) is 0 Å². The van der Waals surface area contributed by atoms with Gasteiger partial charge >= 0.3 is 5.97 Å². The van der Waals surface area contributed by atoms with Crippen LogP contribution in [0.15, 0.2) is 10.9 Å². The largest absolute Gasteiger partial charge is 0.481 e. The van der Waals surface area contributed by atoms with E-state index >= 15 is 0 Å². The number of rotatable bonds is 6. The second-order valence-corrected chi connectivity index (χ2v) is 3.45. The monoisotopic (exact) mass is 213 g/mol. The molecule has 1 aromatic rings. The van der Waals surface area contributed by atoms with E-state index in [0.29, 0.717) is 18.9 Å². The molecule has 15 heavy (non-hydrogen) atoms. The SMILES string of the molecule is CC(NCCc1ncno1)C(C)C(=O)O. The van der Waals surface area contributed by atoms with E-state index in [1.165, 1.54) is 6.33 Å². The van der Waals surface area contributed by atoms with Crippen molar-refractivity contribution in [3.05, 3.63) is 12.2 Å². The van der Waals surface area contributed by atoms with Crippen molar-refractivity contribution in [3.63, 3.8) is 0 Å². The van der Waals surface area contributed by atoms with Gasteiger partial charge in [-0.1, -0.05) is 12.1 Å². The van der Waals surface area contributed by atoms with Gasteiger partial charge in [0.25, 0.3) is 0 Å². The van der Waals surface area contributed by atoms with Crippen LogP contribution in [0.3, 0.4) is 0 Å². The quantitative estimate of drug-likeness (QED) is 0.707. The molecule has 0 aliphatic rings. The summed E-state index contributed by atoms with van der Waals surface area (Å²) in [6.45, 7) is 4.14. The molecule has 6 heteroatoms. The van der Waals surface area contributed by atoms with E-state index in [1.54, 1.807) is 6.92 Å². The highest BCUT2D eigenvalue weighted by Crippen LogP contribution is 2.02. The summed E-state index contributed by atoms with van der Waals surface area (Å²) in [5.74, 6) is -0.654. The lowest BCUT2D eigenvalue weighted by Gasteiger charge is -2.16. The highest BCUT2D eigenvalue weighted by Gasteiger charge is 2.18. The Labute approximate surface area is 87.7 Å². The molecule has 0 aromatic carbocycles. The number of carboxylic acid groups (broad SMARTS) is 1. The third-order valence-electron chi connectivity index (χ3n) is 2.35. The van der Waals surface area contributed by atoms with E-state index in [1.807, 2.05) is 6.92 Å². The Bertz CT molecular complexity index is 300. The van der Waals surface area contributed by atoms with Gasteiger partial charge in [0.1, 0.15) is 0 Å². The first-order chi connectivity index (χ1) is 7.11. The van der Waals surface area contributed by atoms with Gasteiger partial charge in [-0.05, 0) is 6.92 Å². The molecule has 0 fully saturated rings. The Morgan fingerprint density at radius 1 is 1.67 bits per heavy atom. The van der Waals surface area contributed by atoms with Gasteiger partial charge in [0.05, 0.1) is 5.92 Å². The molecular formula is C9H15N3O3. The number of carbonyl (C=O) groups is 1. The number of nitrogens with one attached hydrogen (secondary N) is 1. The Kier molecular flexibility index (Phi) is 4.23. The second kappa shape index (κ2) is 5.45. The van der Waals surface area contributed by atoms with Gasteiger partial charge in [0.15, 0.2) is 6.33 Å². The molecule has 1 heterocycles. The van der Waals surface area contributed by atoms with Crippen LogP contribution in [-0.2, 0) is 11.2 Å². The standard InChI is InChI=1S/C9H15N3O3/c1-6(9(13)14)7(2)10-4-3-8-11-5-12-15-8/h5-7,10H,3-4H2,1-2H3,(H,13,14). The number of hydrogen-bond donors (Lipinski definition) is 2. The fraction of sp³-hybridized carbons (Fsp3) is 0.667. The summed E-state index contributed by atoms with van der Waals surface area (Å²) in [7, 11) is 0. The Hall–Kier alpha value is -1.43. The minimum atomic E-state index is -0.798. The first-order valence-electron chi connectivity index (χ1n) is 4.83. The molecule has 1 rings (SSSR count). The number of hydrogen-bond acceptors (Lipinski definition) is 5. The van der Waals surface area contributed by atoms with Crippen LogP contribution in [0.1, 0.15) is 19.7 Å². The van der Waals surface area contributed by atoms with Crippen LogP contribution in [0.25, 0.3) is 0 Å². The van der Waals surface area contributed by atoms with E-state index in [2.05, 4.69) is 15.5 Å². The smallest absolute Gasteiger partial charge is 0.307 e. The van der Waals surface area contributed by atoms with E-state index in [4.69, 9.17) is 9.63 Å². The highest BCUT2D eigenvalue weighted by molar-refractivity contribution is 5.70. The summed E-state index contributed by atoms with van der Waals surface area (Å²) in [4.78, 5) is 14.5. The minimum Gasteiger partial charge on any atom is -0.481 e. The summed E-state index contributed by atoms with van der Waals surface area (Å²) in [5.41, 5.74) is 0. The number of nitrogens with zero attached hydrogens (tertiary/aromatic N) is 2. The van der Waals surface area contributed by atoms with Crippen molar-refractivity contribution in [2.24, 2.45) is 5.92 Å². The van der Waals surface area contributed by atoms with Crippen LogP contribution in [0.5, 0.6) is 0 Å². The van der Waals surface area contributed by atoms with E-state index in [-0.39, 0.29) is 6.04 Å². The number of carboxylic acids is 1. The molecular weight excluding hydrogens is 198 g/mol. The molecule has 0 aliphatic carbocycles. The van der Waals surface area contributed by atoms with Crippen molar-refractivity contribution in [2.45, 2.75) is 26.3 Å². The predicted molar refractivity (Wildman–Crippen MR) is 52.3 cm³/mol. The molecule has 1 aromatic heterocycles. The molecule has 0 bridgehead atoms. The summed E-state index contributed by atoms with van der Waals surface area (Å²) in [5, 5.41) is 15.3. The maximum absolute atomic E-state index is 10.7. The highest BCUT2D eigenvalue weighted by atomic mass is 16.5. The van der Waals surface area contributed by atoms with Crippen molar-refractivity contribution in [2.75, 3.05) is 6.54 Å². The fourth-order valence-corrected chi connectivity index (χ4v) is 1.10. The van der Waals surface area contributed by atoms with Gasteiger partial charge in [0, 0.05) is 19.0 Å². The molecule has 84 valence electrons. The van der Waals surface area contributed by atoms with Crippen LogP contribution >= 0.6 is 0 Å². The fourth-order valence-electron chi connectivity index (χ4n) is 1.10. The molecule has 0 amide bonds. The lowest BCUT2D eigenvalue weighted by atomic mass is 10.0. The zero-order valence-electron chi connectivity index (χ0n) is 8.80. The summed E-state index contributed by atoms with van der Waals surface area (Å²) < 4.78 is 4.81. The van der Waals surface area contributed by atoms with Crippen molar-refractivity contribution < 1.29 is 14.4 Å². The maximum atomic E-state index is 10.7. The van der Waals surface area contributed by atoms with Crippen LogP contribution in [-0.4, -0.2) is 33.8 Å². The molecule has 0 aliphatic heterocycles. The lowest BCUT2D eigenvalue weighted by Crippen LogP contribution is -2.37. The molecule has 2 unspecified atom stereocenters. The average molecular weight is 213 g/mol. The van der Waals surface area contributed by atoms with Gasteiger partial charge < -0.3 is 14.9 Å². The predicted octanol–water partition coefficient (Wildman–Crippen LogP) is 0.311. The zero-order chi connectivity index (χ0) is 11.3. The minimum absolute atomic E-state index is 0.0783. The Balaban J connectivity index is 2.22. The third-order valence-corrected chi connectivity index (χ3v) is 2.35. The molecule has 0 saturated carbocycles. The van der Waals surface area contributed by atoms with Crippen molar-refractivity contribution >= 4 is 5.97 Å². The van der Waals surface area contributed by atoms with Crippen LogP contribution in [0.2, 0.25) is 0 Å². The molecule has 6 nitrogen and oxygen atoms in total. The van der Waals surface area contributed by atoms with Crippen LogP contribution in [0.4, 0.5) is 0 Å². The van der Waals surface area contributed by atoms with Gasteiger partial charge in [-0.15, -0.1) is 0 Å². The lowest BCUT2D eigenvalue weighted by molar-refractivity contribution is -0.141. The van der Waals surface area contributed by atoms with E-state index in [9.17, 15) is 4.79 Å². The first kappa shape index (κ1) is 11.6. The molecule has 2 N–H and O–H groups in total.